The van der Waals surface area contributed by atoms with Crippen molar-refractivity contribution in [2.24, 2.45) is 0 Å². The Hall–Kier alpha value is -1.93. The highest BCUT2D eigenvalue weighted by atomic mass is 19.1. The van der Waals surface area contributed by atoms with E-state index in [1.807, 2.05) is 25.1 Å². The fraction of sp³-hybridized carbons (Fsp3) is 0.440. The number of aryl methyl sites for hydroxylation is 1. The van der Waals surface area contributed by atoms with Gasteiger partial charge in [0.15, 0.2) is 0 Å². The Morgan fingerprint density at radius 3 is 2.41 bits per heavy atom. The van der Waals surface area contributed by atoms with E-state index < -0.39 is 0 Å². The molecule has 1 nitrogen and oxygen atoms in total. The van der Waals surface area contributed by atoms with Gasteiger partial charge in [0, 0.05) is 12.2 Å². The maximum absolute atomic E-state index is 14.8. The predicted molar refractivity (Wildman–Crippen MR) is 112 cm³/mol. The normalized spacial score (nSPS) is 20.3. The van der Waals surface area contributed by atoms with Crippen LogP contribution in [0.3, 0.4) is 0 Å². The molecule has 0 amide bonds. The molecule has 3 rings (SSSR count). The van der Waals surface area contributed by atoms with E-state index in [9.17, 15) is 4.39 Å². The van der Waals surface area contributed by atoms with Gasteiger partial charge in [0.25, 0.3) is 0 Å². The first-order chi connectivity index (χ1) is 13.2. The second-order valence-electron chi connectivity index (χ2n) is 7.47. The van der Waals surface area contributed by atoms with Gasteiger partial charge in [0.1, 0.15) is 5.82 Å². The summed E-state index contributed by atoms with van der Waals surface area (Å²) in [4.78, 5) is 0. The second kappa shape index (κ2) is 9.85. The van der Waals surface area contributed by atoms with E-state index >= 15 is 0 Å². The van der Waals surface area contributed by atoms with Crippen LogP contribution in [0.5, 0.6) is 0 Å². The Morgan fingerprint density at radius 1 is 1.04 bits per heavy atom. The molecular formula is C25H31FO. The standard InChI is InChI=1S/C25H31FO/c1-3-5-6-7-19-8-10-21(11-9-19)24-17-14-22(18-25(24)26)20-12-15-23(16-13-20)27-4-2/h3,5,8-11,14,17-18,20,23H,4,6-7,12-13,15-16H2,1-2H3/b5-3+. The quantitative estimate of drug-likeness (QED) is 0.476. The maximum atomic E-state index is 14.8. The third kappa shape index (κ3) is 5.29. The number of ether oxygens (including phenoxy) is 1. The van der Waals surface area contributed by atoms with Crippen molar-refractivity contribution in [3.8, 4) is 11.1 Å². The third-order valence-electron chi connectivity index (χ3n) is 5.64. The van der Waals surface area contributed by atoms with Crippen LogP contribution in [-0.4, -0.2) is 12.7 Å². The molecule has 1 saturated carbocycles. The van der Waals surface area contributed by atoms with E-state index in [0.717, 1.165) is 56.3 Å². The summed E-state index contributed by atoms with van der Waals surface area (Å²) >= 11 is 0. The minimum absolute atomic E-state index is 0.110. The van der Waals surface area contributed by atoms with Gasteiger partial charge in [0.2, 0.25) is 0 Å². The maximum Gasteiger partial charge on any atom is 0.131 e. The van der Waals surface area contributed by atoms with Crippen LogP contribution in [0.25, 0.3) is 11.1 Å². The lowest BCUT2D eigenvalue weighted by atomic mass is 9.82. The van der Waals surface area contributed by atoms with Crippen molar-refractivity contribution in [1.82, 2.24) is 0 Å². The Balaban J connectivity index is 1.66. The molecule has 0 aromatic heterocycles. The van der Waals surface area contributed by atoms with Crippen LogP contribution in [0, 0.1) is 5.82 Å². The lowest BCUT2D eigenvalue weighted by Gasteiger charge is -2.28. The molecule has 0 N–H and O–H groups in total. The Labute approximate surface area is 163 Å². The topological polar surface area (TPSA) is 9.23 Å². The van der Waals surface area contributed by atoms with Crippen molar-refractivity contribution in [3.63, 3.8) is 0 Å². The summed E-state index contributed by atoms with van der Waals surface area (Å²) in [5.41, 5.74) is 4.07. The Bertz CT molecular complexity index is 739. The Morgan fingerprint density at radius 2 is 1.78 bits per heavy atom. The first-order valence-electron chi connectivity index (χ1n) is 10.3. The van der Waals surface area contributed by atoms with Crippen LogP contribution in [-0.2, 0) is 11.2 Å². The fourth-order valence-corrected chi connectivity index (χ4v) is 4.09. The van der Waals surface area contributed by atoms with E-state index in [2.05, 4.69) is 37.3 Å². The highest BCUT2D eigenvalue weighted by molar-refractivity contribution is 5.65. The van der Waals surface area contributed by atoms with Crippen molar-refractivity contribution in [2.45, 2.75) is 64.4 Å². The molecule has 1 aliphatic carbocycles. The van der Waals surface area contributed by atoms with E-state index in [1.165, 1.54) is 5.56 Å². The van der Waals surface area contributed by atoms with Gasteiger partial charge >= 0.3 is 0 Å². The van der Waals surface area contributed by atoms with Gasteiger partial charge in [-0.25, -0.2) is 4.39 Å². The molecule has 0 spiro atoms. The lowest BCUT2D eigenvalue weighted by Crippen LogP contribution is -2.20. The van der Waals surface area contributed by atoms with Gasteiger partial charge in [-0.15, -0.1) is 0 Å². The van der Waals surface area contributed by atoms with Crippen molar-refractivity contribution in [2.75, 3.05) is 6.61 Å². The highest BCUT2D eigenvalue weighted by Gasteiger charge is 2.23. The fourth-order valence-electron chi connectivity index (χ4n) is 4.09. The van der Waals surface area contributed by atoms with Gasteiger partial charge in [0.05, 0.1) is 6.10 Å². The zero-order chi connectivity index (χ0) is 19.1. The molecule has 0 heterocycles. The number of hydrogen-bond acceptors (Lipinski definition) is 1. The summed E-state index contributed by atoms with van der Waals surface area (Å²) < 4.78 is 20.5. The minimum atomic E-state index is -0.110. The molecule has 1 fully saturated rings. The molecule has 0 atom stereocenters. The van der Waals surface area contributed by atoms with Gasteiger partial charge < -0.3 is 4.74 Å². The van der Waals surface area contributed by atoms with Crippen molar-refractivity contribution in [3.05, 3.63) is 71.6 Å². The lowest BCUT2D eigenvalue weighted by molar-refractivity contribution is 0.0328. The van der Waals surface area contributed by atoms with Crippen LogP contribution >= 0.6 is 0 Å². The molecule has 2 heteroatoms. The molecule has 0 unspecified atom stereocenters. The molecule has 0 saturated heterocycles. The number of benzene rings is 2. The average molecular weight is 367 g/mol. The smallest absolute Gasteiger partial charge is 0.131 e. The molecule has 2 aromatic rings. The van der Waals surface area contributed by atoms with Crippen LogP contribution in [0.15, 0.2) is 54.6 Å². The van der Waals surface area contributed by atoms with Gasteiger partial charge in [-0.3, -0.25) is 0 Å². The third-order valence-corrected chi connectivity index (χ3v) is 5.64. The van der Waals surface area contributed by atoms with E-state index in [4.69, 9.17) is 4.74 Å². The average Bonchev–Trinajstić information content (AvgIpc) is 2.70. The van der Waals surface area contributed by atoms with Crippen LogP contribution in [0.1, 0.15) is 63.0 Å². The summed E-state index contributed by atoms with van der Waals surface area (Å²) in [5, 5.41) is 0. The van der Waals surface area contributed by atoms with Crippen LogP contribution in [0.4, 0.5) is 4.39 Å². The number of halogens is 1. The van der Waals surface area contributed by atoms with Crippen molar-refractivity contribution >= 4 is 0 Å². The monoisotopic (exact) mass is 366 g/mol. The molecule has 27 heavy (non-hydrogen) atoms. The SMILES string of the molecule is C/C=C/CCc1ccc(-c2ccc(C3CCC(OCC)CC3)cc2F)cc1. The van der Waals surface area contributed by atoms with Crippen LogP contribution < -0.4 is 0 Å². The van der Waals surface area contributed by atoms with Crippen LogP contribution in [0.2, 0.25) is 0 Å². The summed E-state index contributed by atoms with van der Waals surface area (Å²) in [6.07, 6.45) is 11.0. The molecular weight excluding hydrogens is 335 g/mol. The first-order valence-corrected chi connectivity index (χ1v) is 10.3. The summed E-state index contributed by atoms with van der Waals surface area (Å²) in [6.45, 7) is 4.88. The predicted octanol–water partition coefficient (Wildman–Crippen LogP) is 7.06. The Kier molecular flexibility index (Phi) is 7.23. The van der Waals surface area contributed by atoms with E-state index in [1.54, 1.807) is 6.07 Å². The largest absolute Gasteiger partial charge is 0.379 e. The number of hydrogen-bond donors (Lipinski definition) is 0. The zero-order valence-corrected chi connectivity index (χ0v) is 16.6. The van der Waals surface area contributed by atoms with E-state index in [-0.39, 0.29) is 5.82 Å². The second-order valence-corrected chi connectivity index (χ2v) is 7.47. The van der Waals surface area contributed by atoms with Gasteiger partial charge in [-0.1, -0.05) is 48.6 Å². The molecule has 0 aliphatic heterocycles. The molecule has 144 valence electrons. The number of allylic oxidation sites excluding steroid dienone is 2. The van der Waals surface area contributed by atoms with Crippen molar-refractivity contribution in [1.29, 1.82) is 0 Å². The van der Waals surface area contributed by atoms with Gasteiger partial charge in [-0.05, 0) is 81.0 Å². The van der Waals surface area contributed by atoms with E-state index in [0.29, 0.717) is 17.6 Å². The molecule has 0 radical (unpaired) electrons. The minimum Gasteiger partial charge on any atom is -0.379 e. The highest BCUT2D eigenvalue weighted by Crippen LogP contribution is 2.35. The molecule has 1 aliphatic rings. The van der Waals surface area contributed by atoms with Crippen molar-refractivity contribution < 1.29 is 9.13 Å². The molecule has 2 aromatic carbocycles. The zero-order valence-electron chi connectivity index (χ0n) is 16.6. The van der Waals surface area contributed by atoms with Gasteiger partial charge in [-0.2, -0.15) is 0 Å². The molecule has 0 bridgehead atoms. The first kappa shape index (κ1) is 19.8. The summed E-state index contributed by atoms with van der Waals surface area (Å²) in [6, 6.07) is 14.1. The summed E-state index contributed by atoms with van der Waals surface area (Å²) in [5.74, 6) is 0.348. The summed E-state index contributed by atoms with van der Waals surface area (Å²) in [7, 11) is 0. The number of rotatable bonds is 7.